The van der Waals surface area contributed by atoms with E-state index in [0.717, 1.165) is 17.8 Å². The number of benzene rings is 1. The van der Waals surface area contributed by atoms with Crippen molar-refractivity contribution < 1.29 is 14.3 Å². The molecule has 5 nitrogen and oxygen atoms in total. The summed E-state index contributed by atoms with van der Waals surface area (Å²) in [4.78, 5) is 26.7. The van der Waals surface area contributed by atoms with Gasteiger partial charge in [0.2, 0.25) is 0 Å². The van der Waals surface area contributed by atoms with Gasteiger partial charge in [0, 0.05) is 25.8 Å². The third-order valence-corrected chi connectivity index (χ3v) is 3.48. The minimum atomic E-state index is -0.295. The van der Waals surface area contributed by atoms with Gasteiger partial charge in [-0.25, -0.2) is 4.79 Å². The molecule has 1 unspecified atom stereocenters. The summed E-state index contributed by atoms with van der Waals surface area (Å²) >= 11 is 0. The number of hydrogen-bond acceptors (Lipinski definition) is 3. The minimum absolute atomic E-state index is 0.00812. The molecule has 0 radical (unpaired) electrons. The molecule has 0 saturated carbocycles. The molecule has 1 saturated heterocycles. The van der Waals surface area contributed by atoms with Gasteiger partial charge in [-0.15, -0.1) is 0 Å². The molecule has 0 N–H and O–H groups in total. The fraction of sp³-hybridized carbons (Fsp3) is 0.429. The molecule has 102 valence electrons. The fourth-order valence-corrected chi connectivity index (χ4v) is 2.14. The number of carbonyl (C=O) groups is 2. The van der Waals surface area contributed by atoms with Crippen molar-refractivity contribution in [3.05, 3.63) is 29.8 Å². The highest BCUT2D eigenvalue weighted by Gasteiger charge is 2.26. The number of carbonyl (C=O) groups excluding carboxylic acids is 2. The van der Waals surface area contributed by atoms with E-state index in [1.165, 1.54) is 7.11 Å². The van der Waals surface area contributed by atoms with Gasteiger partial charge < -0.3 is 9.64 Å². The first kappa shape index (κ1) is 13.4. The summed E-state index contributed by atoms with van der Waals surface area (Å²) in [6.45, 7) is 3.23. The Bertz CT molecular complexity index is 484. The van der Waals surface area contributed by atoms with E-state index in [4.69, 9.17) is 4.74 Å². The Kier molecular flexibility index (Phi) is 3.74. The van der Waals surface area contributed by atoms with Crippen molar-refractivity contribution in [3.63, 3.8) is 0 Å². The number of methoxy groups -OCH3 is 1. The first-order valence-electron chi connectivity index (χ1n) is 6.25. The predicted molar refractivity (Wildman–Crippen MR) is 72.2 cm³/mol. The van der Waals surface area contributed by atoms with Crippen molar-refractivity contribution in [1.29, 1.82) is 0 Å². The van der Waals surface area contributed by atoms with Crippen molar-refractivity contribution in [1.82, 2.24) is 4.90 Å². The number of nitrogens with zero attached hydrogens (tertiary/aromatic N) is 2. The number of ether oxygens (including phenoxy) is 1. The van der Waals surface area contributed by atoms with Crippen LogP contribution in [-0.4, -0.2) is 44.1 Å². The lowest BCUT2D eigenvalue weighted by Crippen LogP contribution is -2.29. The fourth-order valence-electron chi connectivity index (χ4n) is 2.14. The largest absolute Gasteiger partial charge is 0.469 e. The number of amides is 2. The van der Waals surface area contributed by atoms with Crippen LogP contribution in [0.4, 0.5) is 10.5 Å². The van der Waals surface area contributed by atoms with E-state index in [0.29, 0.717) is 6.54 Å². The normalized spacial score (nSPS) is 16.7. The molecule has 1 atom stereocenters. The number of esters is 1. The molecule has 1 aliphatic heterocycles. The van der Waals surface area contributed by atoms with Gasteiger partial charge >= 0.3 is 12.0 Å². The molecule has 0 aromatic heterocycles. The van der Waals surface area contributed by atoms with Crippen LogP contribution in [0, 0.1) is 0 Å². The zero-order valence-corrected chi connectivity index (χ0v) is 11.4. The van der Waals surface area contributed by atoms with Gasteiger partial charge in [0.25, 0.3) is 0 Å². The summed E-state index contributed by atoms with van der Waals surface area (Å²) in [6.07, 6.45) is 0. The van der Waals surface area contributed by atoms with E-state index >= 15 is 0 Å². The number of hydrogen-bond donors (Lipinski definition) is 0. The van der Waals surface area contributed by atoms with Gasteiger partial charge in [0.1, 0.15) is 0 Å². The summed E-state index contributed by atoms with van der Waals surface area (Å²) in [6, 6.07) is 7.47. The topological polar surface area (TPSA) is 49.9 Å². The van der Waals surface area contributed by atoms with Crippen LogP contribution in [0.5, 0.6) is 0 Å². The number of likely N-dealkylation sites (N-methyl/N-ethyl adjacent to an activating group) is 1. The molecule has 1 aromatic carbocycles. The monoisotopic (exact) mass is 262 g/mol. The van der Waals surface area contributed by atoms with Crippen LogP contribution < -0.4 is 4.90 Å². The third kappa shape index (κ3) is 2.54. The first-order valence-corrected chi connectivity index (χ1v) is 6.25. The maximum atomic E-state index is 11.9. The maximum Gasteiger partial charge on any atom is 0.324 e. The van der Waals surface area contributed by atoms with Gasteiger partial charge in [0.05, 0.1) is 13.0 Å². The predicted octanol–water partition coefficient (Wildman–Crippen LogP) is 1.83. The number of anilines is 1. The van der Waals surface area contributed by atoms with Crippen LogP contribution in [0.25, 0.3) is 0 Å². The minimum Gasteiger partial charge on any atom is -0.469 e. The Balaban J connectivity index is 2.15. The van der Waals surface area contributed by atoms with Gasteiger partial charge in [-0.1, -0.05) is 12.1 Å². The Labute approximate surface area is 112 Å². The van der Waals surface area contributed by atoms with E-state index in [1.807, 2.05) is 24.3 Å². The average Bonchev–Trinajstić information content (AvgIpc) is 2.77. The van der Waals surface area contributed by atoms with Crippen LogP contribution in [0.2, 0.25) is 0 Å². The molecule has 1 aliphatic rings. The first-order chi connectivity index (χ1) is 9.04. The molecule has 0 aliphatic carbocycles. The molecule has 1 fully saturated rings. The molecular weight excluding hydrogens is 244 g/mol. The Hall–Kier alpha value is -2.04. The second kappa shape index (κ2) is 5.30. The summed E-state index contributed by atoms with van der Waals surface area (Å²) in [5.41, 5.74) is 1.74. The Morgan fingerprint density at radius 1 is 1.26 bits per heavy atom. The van der Waals surface area contributed by atoms with E-state index in [1.54, 1.807) is 23.8 Å². The SMILES string of the molecule is COC(=O)C(C)c1ccc(N2CCN(C)C2=O)cc1. The van der Waals surface area contributed by atoms with Gasteiger partial charge in [0.15, 0.2) is 0 Å². The van der Waals surface area contributed by atoms with Gasteiger partial charge in [-0.3, -0.25) is 9.69 Å². The van der Waals surface area contributed by atoms with Gasteiger partial charge in [-0.2, -0.15) is 0 Å². The van der Waals surface area contributed by atoms with Gasteiger partial charge in [-0.05, 0) is 24.6 Å². The molecule has 1 heterocycles. The summed E-state index contributed by atoms with van der Waals surface area (Å²) in [5, 5.41) is 0. The molecule has 0 bridgehead atoms. The van der Waals surface area contributed by atoms with E-state index in [-0.39, 0.29) is 17.9 Å². The summed E-state index contributed by atoms with van der Waals surface area (Å²) in [7, 11) is 3.17. The lowest BCUT2D eigenvalue weighted by molar-refractivity contribution is -0.141. The van der Waals surface area contributed by atoms with Crippen LogP contribution >= 0.6 is 0 Å². The highest BCUT2D eigenvalue weighted by molar-refractivity contribution is 5.94. The summed E-state index contributed by atoms with van der Waals surface area (Å²) < 4.78 is 4.72. The number of urea groups is 1. The maximum absolute atomic E-state index is 11.9. The van der Waals surface area contributed by atoms with E-state index in [9.17, 15) is 9.59 Å². The molecule has 19 heavy (non-hydrogen) atoms. The van der Waals surface area contributed by atoms with E-state index < -0.39 is 0 Å². The Morgan fingerprint density at radius 2 is 1.89 bits per heavy atom. The zero-order valence-electron chi connectivity index (χ0n) is 11.4. The average molecular weight is 262 g/mol. The van der Waals surface area contributed by atoms with E-state index in [2.05, 4.69) is 0 Å². The van der Waals surface area contributed by atoms with Crippen molar-refractivity contribution >= 4 is 17.7 Å². The second-order valence-corrected chi connectivity index (χ2v) is 4.69. The summed E-state index contributed by atoms with van der Waals surface area (Å²) in [5.74, 6) is -0.555. The second-order valence-electron chi connectivity index (χ2n) is 4.69. The van der Waals surface area contributed by atoms with Crippen molar-refractivity contribution in [2.45, 2.75) is 12.8 Å². The van der Waals surface area contributed by atoms with Crippen molar-refractivity contribution in [2.75, 3.05) is 32.1 Å². The van der Waals surface area contributed by atoms with Crippen molar-refractivity contribution in [2.24, 2.45) is 0 Å². The molecule has 5 heteroatoms. The highest BCUT2D eigenvalue weighted by atomic mass is 16.5. The molecule has 0 spiro atoms. The molecule has 2 rings (SSSR count). The van der Waals surface area contributed by atoms with Crippen LogP contribution in [0.1, 0.15) is 18.4 Å². The van der Waals surface area contributed by atoms with Crippen LogP contribution in [-0.2, 0) is 9.53 Å². The lowest BCUT2D eigenvalue weighted by atomic mass is 10.0. The van der Waals surface area contributed by atoms with Crippen LogP contribution in [0.15, 0.2) is 24.3 Å². The van der Waals surface area contributed by atoms with Crippen molar-refractivity contribution in [3.8, 4) is 0 Å². The smallest absolute Gasteiger partial charge is 0.324 e. The highest BCUT2D eigenvalue weighted by Crippen LogP contribution is 2.23. The molecular formula is C14H18N2O3. The van der Waals surface area contributed by atoms with Crippen LogP contribution in [0.3, 0.4) is 0 Å². The third-order valence-electron chi connectivity index (χ3n) is 3.48. The lowest BCUT2D eigenvalue weighted by Gasteiger charge is -2.17. The number of rotatable bonds is 3. The Morgan fingerprint density at radius 3 is 2.37 bits per heavy atom. The zero-order chi connectivity index (χ0) is 14.0. The molecule has 2 amide bonds. The quantitative estimate of drug-likeness (QED) is 0.781. The molecule has 1 aromatic rings. The standard InChI is InChI=1S/C14H18N2O3/c1-10(13(17)19-3)11-4-6-12(7-5-11)16-9-8-15(2)14(16)18/h4-7,10H,8-9H2,1-3H3.